The molecule has 0 radical (unpaired) electrons. The smallest absolute Gasteiger partial charge is 0.227 e. The first-order chi connectivity index (χ1) is 17.2. The van der Waals surface area contributed by atoms with Gasteiger partial charge in [0.1, 0.15) is 0 Å². The second kappa shape index (κ2) is 8.92. The summed E-state index contributed by atoms with van der Waals surface area (Å²) in [5, 5.41) is 4.55. The SMILES string of the molecule is CN1CCN(c2ccc(Nc3ncc(-c4ccoc4)c(-c4cn(C)c5ccccc45)n3)cc2)CC1. The maximum Gasteiger partial charge on any atom is 0.227 e. The number of fused-ring (bicyclic) bond motifs is 1. The Labute approximate surface area is 204 Å². The van der Waals surface area contributed by atoms with E-state index in [0.29, 0.717) is 5.95 Å². The Kier molecular flexibility index (Phi) is 5.47. The molecule has 1 aliphatic heterocycles. The van der Waals surface area contributed by atoms with E-state index in [9.17, 15) is 0 Å². The van der Waals surface area contributed by atoms with Crippen molar-refractivity contribution in [3.63, 3.8) is 0 Å². The fourth-order valence-electron chi connectivity index (χ4n) is 4.76. The Hall–Kier alpha value is -4.10. The average Bonchev–Trinajstić information content (AvgIpc) is 3.54. The monoisotopic (exact) mass is 464 g/mol. The van der Waals surface area contributed by atoms with Crippen LogP contribution in [0, 0.1) is 0 Å². The average molecular weight is 465 g/mol. The van der Waals surface area contributed by atoms with Gasteiger partial charge in [-0.15, -0.1) is 0 Å². The third kappa shape index (κ3) is 4.15. The first kappa shape index (κ1) is 21.4. The van der Waals surface area contributed by atoms with Crippen LogP contribution in [0.25, 0.3) is 33.3 Å². The number of anilines is 3. The summed E-state index contributed by atoms with van der Waals surface area (Å²) in [4.78, 5) is 14.4. The summed E-state index contributed by atoms with van der Waals surface area (Å²) in [6, 6.07) is 18.8. The van der Waals surface area contributed by atoms with Crippen molar-refractivity contribution in [2.75, 3.05) is 43.4 Å². The highest BCUT2D eigenvalue weighted by Crippen LogP contribution is 2.36. The van der Waals surface area contributed by atoms with Crippen LogP contribution in [0.15, 0.2) is 83.9 Å². The lowest BCUT2D eigenvalue weighted by Gasteiger charge is -2.34. The number of hydrogen-bond acceptors (Lipinski definition) is 6. The Bertz CT molecular complexity index is 1450. The molecule has 1 N–H and O–H groups in total. The number of nitrogens with zero attached hydrogens (tertiary/aromatic N) is 5. The maximum atomic E-state index is 5.36. The number of furan rings is 1. The summed E-state index contributed by atoms with van der Waals surface area (Å²) < 4.78 is 7.50. The summed E-state index contributed by atoms with van der Waals surface area (Å²) in [7, 11) is 4.24. The van der Waals surface area contributed by atoms with Gasteiger partial charge in [-0.3, -0.25) is 0 Å². The predicted octanol–water partition coefficient (Wildman–Crippen LogP) is 5.39. The van der Waals surface area contributed by atoms with Gasteiger partial charge in [0.05, 0.1) is 18.2 Å². The molecule has 0 bridgehead atoms. The third-order valence-corrected chi connectivity index (χ3v) is 6.76. The van der Waals surface area contributed by atoms with Gasteiger partial charge in [0.2, 0.25) is 5.95 Å². The molecule has 0 unspecified atom stereocenters. The van der Waals surface area contributed by atoms with Crippen molar-refractivity contribution >= 4 is 28.2 Å². The summed E-state index contributed by atoms with van der Waals surface area (Å²) in [5.74, 6) is 0.563. The zero-order valence-electron chi connectivity index (χ0n) is 20.0. The number of likely N-dealkylation sites (N-methyl/N-ethyl adjacent to an activating group) is 1. The molecule has 3 aromatic heterocycles. The fourth-order valence-corrected chi connectivity index (χ4v) is 4.76. The molecule has 2 aromatic carbocycles. The number of benzene rings is 2. The van der Waals surface area contributed by atoms with Crippen LogP contribution in [-0.4, -0.2) is 52.7 Å². The van der Waals surface area contributed by atoms with Crippen molar-refractivity contribution in [3.05, 3.63) is 79.5 Å². The number of rotatable bonds is 5. The number of hydrogen-bond donors (Lipinski definition) is 1. The molecular weight excluding hydrogens is 436 g/mol. The lowest BCUT2D eigenvalue weighted by molar-refractivity contribution is 0.313. The van der Waals surface area contributed by atoms with Gasteiger partial charge in [0.25, 0.3) is 0 Å². The highest BCUT2D eigenvalue weighted by atomic mass is 16.3. The van der Waals surface area contributed by atoms with Gasteiger partial charge >= 0.3 is 0 Å². The van der Waals surface area contributed by atoms with Crippen molar-refractivity contribution in [3.8, 4) is 22.4 Å². The van der Waals surface area contributed by atoms with E-state index in [1.807, 2.05) is 12.3 Å². The van der Waals surface area contributed by atoms with Crippen LogP contribution in [0.2, 0.25) is 0 Å². The van der Waals surface area contributed by atoms with Crippen LogP contribution in [0.4, 0.5) is 17.3 Å². The fraction of sp³-hybridized carbons (Fsp3) is 0.214. The largest absolute Gasteiger partial charge is 0.472 e. The summed E-state index contributed by atoms with van der Waals surface area (Å²) in [6.45, 7) is 4.29. The molecule has 1 aliphatic rings. The van der Waals surface area contributed by atoms with Crippen LogP contribution < -0.4 is 10.2 Å². The molecule has 7 nitrogen and oxygen atoms in total. The van der Waals surface area contributed by atoms with Crippen LogP contribution in [0.5, 0.6) is 0 Å². The van der Waals surface area contributed by atoms with Crippen LogP contribution in [0.3, 0.4) is 0 Å². The molecule has 0 amide bonds. The van der Waals surface area contributed by atoms with Crippen molar-refractivity contribution in [2.45, 2.75) is 0 Å². The molecule has 35 heavy (non-hydrogen) atoms. The van der Waals surface area contributed by atoms with E-state index >= 15 is 0 Å². The third-order valence-electron chi connectivity index (χ3n) is 6.76. The Morgan fingerprint density at radius 2 is 1.69 bits per heavy atom. The molecule has 176 valence electrons. The molecule has 0 saturated carbocycles. The molecule has 0 aliphatic carbocycles. The number of para-hydroxylation sites is 1. The molecule has 5 aromatic rings. The molecule has 1 saturated heterocycles. The second-order valence-electron chi connectivity index (χ2n) is 9.10. The number of aromatic nitrogens is 3. The van der Waals surface area contributed by atoms with Crippen LogP contribution in [-0.2, 0) is 7.05 Å². The Morgan fingerprint density at radius 3 is 2.46 bits per heavy atom. The molecule has 4 heterocycles. The summed E-state index contributed by atoms with van der Waals surface area (Å²) in [6.07, 6.45) is 7.41. The van der Waals surface area contributed by atoms with Crippen molar-refractivity contribution in [1.82, 2.24) is 19.4 Å². The van der Waals surface area contributed by atoms with E-state index < -0.39 is 0 Å². The van der Waals surface area contributed by atoms with Crippen LogP contribution in [0.1, 0.15) is 0 Å². The number of piperazine rings is 1. The zero-order chi connectivity index (χ0) is 23.8. The van der Waals surface area contributed by atoms with Crippen LogP contribution >= 0.6 is 0 Å². The van der Waals surface area contributed by atoms with Crippen molar-refractivity contribution in [2.24, 2.45) is 7.05 Å². The number of nitrogens with one attached hydrogen (secondary N) is 1. The minimum atomic E-state index is 0.563. The first-order valence-corrected chi connectivity index (χ1v) is 11.9. The lowest BCUT2D eigenvalue weighted by atomic mass is 10.0. The first-order valence-electron chi connectivity index (χ1n) is 11.9. The van der Waals surface area contributed by atoms with E-state index in [1.54, 1.807) is 12.5 Å². The standard InChI is InChI=1S/C28H28N6O/c1-32-12-14-34(15-13-32)22-9-7-21(8-10-22)30-28-29-17-24(20-11-16-35-19-20)27(31-28)25-18-33(2)26-6-4-3-5-23(25)26/h3-11,16-19H,12-15H2,1-2H3,(H,29,30,31). The lowest BCUT2D eigenvalue weighted by Crippen LogP contribution is -2.44. The summed E-state index contributed by atoms with van der Waals surface area (Å²) in [5.41, 5.74) is 7.19. The molecule has 0 spiro atoms. The second-order valence-corrected chi connectivity index (χ2v) is 9.10. The molecule has 6 rings (SSSR count). The maximum absolute atomic E-state index is 5.36. The minimum Gasteiger partial charge on any atom is -0.472 e. The summed E-state index contributed by atoms with van der Waals surface area (Å²) >= 11 is 0. The van der Waals surface area contributed by atoms with Crippen molar-refractivity contribution in [1.29, 1.82) is 0 Å². The topological polar surface area (TPSA) is 62.4 Å². The van der Waals surface area contributed by atoms with Gasteiger partial charge in [-0.1, -0.05) is 18.2 Å². The molecule has 1 fully saturated rings. The number of aryl methyl sites for hydroxylation is 1. The molecule has 0 atom stereocenters. The zero-order valence-corrected chi connectivity index (χ0v) is 20.0. The van der Waals surface area contributed by atoms with E-state index in [4.69, 9.17) is 9.40 Å². The normalized spacial score (nSPS) is 14.5. The van der Waals surface area contributed by atoms with E-state index in [0.717, 1.165) is 65.2 Å². The van der Waals surface area contributed by atoms with E-state index in [2.05, 4.69) is 93.5 Å². The highest BCUT2D eigenvalue weighted by Gasteiger charge is 2.18. The Balaban J connectivity index is 1.34. The Morgan fingerprint density at radius 1 is 0.886 bits per heavy atom. The van der Waals surface area contributed by atoms with Gasteiger partial charge in [0.15, 0.2) is 0 Å². The highest BCUT2D eigenvalue weighted by molar-refractivity contribution is 5.98. The van der Waals surface area contributed by atoms with Gasteiger partial charge in [-0.25, -0.2) is 9.97 Å². The molecular formula is C28H28N6O. The van der Waals surface area contributed by atoms with Gasteiger partial charge in [-0.05, 0) is 43.4 Å². The van der Waals surface area contributed by atoms with Gasteiger partial charge in [-0.2, -0.15) is 0 Å². The quantitative estimate of drug-likeness (QED) is 0.376. The minimum absolute atomic E-state index is 0.563. The van der Waals surface area contributed by atoms with Gasteiger partial charge < -0.3 is 24.1 Å². The van der Waals surface area contributed by atoms with Gasteiger partial charge in [0, 0.05) is 84.6 Å². The molecule has 7 heteroatoms. The van der Waals surface area contributed by atoms with E-state index in [1.165, 1.54) is 5.69 Å². The predicted molar refractivity (Wildman–Crippen MR) is 141 cm³/mol. The van der Waals surface area contributed by atoms with E-state index in [-0.39, 0.29) is 0 Å². The van der Waals surface area contributed by atoms with Crippen molar-refractivity contribution < 1.29 is 4.42 Å².